The van der Waals surface area contributed by atoms with E-state index in [1.54, 1.807) is 13.8 Å². The fourth-order valence-corrected chi connectivity index (χ4v) is 1.46. The smallest absolute Gasteiger partial charge is 0.256 e. The lowest BCUT2D eigenvalue weighted by molar-refractivity contribution is -0.123. The number of aromatic nitrogens is 1. The first-order valence-corrected chi connectivity index (χ1v) is 5.92. The molecule has 18 heavy (non-hydrogen) atoms. The summed E-state index contributed by atoms with van der Waals surface area (Å²) < 4.78 is 4.91. The Morgan fingerprint density at radius 2 is 1.83 bits per heavy atom. The van der Waals surface area contributed by atoms with Crippen LogP contribution in [0.2, 0.25) is 0 Å². The second-order valence-electron chi connectivity index (χ2n) is 4.40. The molecular weight excluding hydrogens is 234 g/mol. The van der Waals surface area contributed by atoms with Gasteiger partial charge in [0.2, 0.25) is 5.91 Å². The highest BCUT2D eigenvalue weighted by Gasteiger charge is 2.16. The summed E-state index contributed by atoms with van der Waals surface area (Å²) in [5.41, 5.74) is 1.03. The van der Waals surface area contributed by atoms with E-state index in [0.717, 1.165) is 0 Å². The molecule has 0 fully saturated rings. The lowest BCUT2D eigenvalue weighted by atomic mass is 10.2. The quantitative estimate of drug-likeness (QED) is 0.760. The second kappa shape index (κ2) is 6.18. The minimum atomic E-state index is -0.231. The molecule has 1 aromatic heterocycles. The molecule has 0 radical (unpaired) electrons. The van der Waals surface area contributed by atoms with Crippen molar-refractivity contribution in [3.8, 4) is 0 Å². The third-order valence-corrected chi connectivity index (χ3v) is 2.49. The Morgan fingerprint density at radius 1 is 1.22 bits per heavy atom. The molecule has 0 spiro atoms. The van der Waals surface area contributed by atoms with Crippen LogP contribution in [0, 0.1) is 19.8 Å². The summed E-state index contributed by atoms with van der Waals surface area (Å²) in [5.74, 6) is 0.186. The summed E-state index contributed by atoms with van der Waals surface area (Å²) in [4.78, 5) is 23.1. The molecule has 0 aliphatic heterocycles. The largest absolute Gasteiger partial charge is 0.361 e. The van der Waals surface area contributed by atoms with Crippen LogP contribution in [0.3, 0.4) is 0 Å². The van der Waals surface area contributed by atoms with Crippen LogP contribution in [0.1, 0.15) is 35.7 Å². The summed E-state index contributed by atoms with van der Waals surface area (Å²) in [7, 11) is 0. The first-order valence-electron chi connectivity index (χ1n) is 5.92. The van der Waals surface area contributed by atoms with Gasteiger partial charge in [-0.1, -0.05) is 19.0 Å². The van der Waals surface area contributed by atoms with Crippen molar-refractivity contribution < 1.29 is 14.1 Å². The van der Waals surface area contributed by atoms with Crippen molar-refractivity contribution in [3.05, 3.63) is 17.0 Å². The highest BCUT2D eigenvalue weighted by Crippen LogP contribution is 2.11. The average Bonchev–Trinajstić information content (AvgIpc) is 2.63. The lowest BCUT2D eigenvalue weighted by Gasteiger charge is -2.08. The van der Waals surface area contributed by atoms with Gasteiger partial charge in [-0.25, -0.2) is 0 Å². The third-order valence-electron chi connectivity index (χ3n) is 2.49. The predicted octanol–water partition coefficient (Wildman–Crippen LogP) is 0.793. The molecule has 1 heterocycles. The molecule has 0 aliphatic carbocycles. The van der Waals surface area contributed by atoms with Crippen molar-refractivity contribution in [3.63, 3.8) is 0 Å². The molecule has 6 heteroatoms. The first kappa shape index (κ1) is 14.2. The highest BCUT2D eigenvalue weighted by molar-refractivity contribution is 5.96. The maximum absolute atomic E-state index is 11.8. The van der Waals surface area contributed by atoms with Gasteiger partial charge in [0.05, 0.1) is 5.69 Å². The van der Waals surface area contributed by atoms with Crippen LogP contribution in [-0.4, -0.2) is 30.1 Å². The Balaban J connectivity index is 2.37. The van der Waals surface area contributed by atoms with Gasteiger partial charge in [-0.3, -0.25) is 9.59 Å². The van der Waals surface area contributed by atoms with Crippen LogP contribution in [0.25, 0.3) is 0 Å². The van der Waals surface area contributed by atoms with Gasteiger partial charge in [0.1, 0.15) is 11.3 Å². The van der Waals surface area contributed by atoms with E-state index in [-0.39, 0.29) is 17.7 Å². The molecule has 2 amide bonds. The minimum Gasteiger partial charge on any atom is -0.361 e. The number of hydrogen-bond acceptors (Lipinski definition) is 4. The van der Waals surface area contributed by atoms with Crippen molar-refractivity contribution in [1.82, 2.24) is 15.8 Å². The molecule has 6 nitrogen and oxygen atoms in total. The summed E-state index contributed by atoms with van der Waals surface area (Å²) in [6, 6.07) is 0. The Bertz CT molecular complexity index is 418. The van der Waals surface area contributed by atoms with Crippen molar-refractivity contribution in [2.24, 2.45) is 5.92 Å². The number of rotatable bonds is 5. The zero-order chi connectivity index (χ0) is 13.7. The van der Waals surface area contributed by atoms with Gasteiger partial charge in [-0.05, 0) is 13.8 Å². The molecule has 0 aliphatic rings. The Labute approximate surface area is 106 Å². The topological polar surface area (TPSA) is 84.2 Å². The van der Waals surface area contributed by atoms with Crippen LogP contribution >= 0.6 is 0 Å². The average molecular weight is 253 g/mol. The summed E-state index contributed by atoms with van der Waals surface area (Å²) in [6.07, 6.45) is 0. The van der Waals surface area contributed by atoms with Crippen LogP contribution < -0.4 is 10.6 Å². The van der Waals surface area contributed by atoms with E-state index in [4.69, 9.17) is 4.52 Å². The zero-order valence-electron chi connectivity index (χ0n) is 11.2. The number of amides is 2. The van der Waals surface area contributed by atoms with E-state index in [0.29, 0.717) is 30.1 Å². The van der Waals surface area contributed by atoms with Crippen LogP contribution in [0.15, 0.2) is 4.52 Å². The fourth-order valence-electron chi connectivity index (χ4n) is 1.46. The summed E-state index contributed by atoms with van der Waals surface area (Å²) in [5, 5.41) is 9.14. The minimum absolute atomic E-state index is 0.0263. The molecule has 0 saturated heterocycles. The number of nitrogens with one attached hydrogen (secondary N) is 2. The Kier molecular flexibility index (Phi) is 4.88. The molecule has 0 unspecified atom stereocenters. The maximum Gasteiger partial charge on any atom is 0.256 e. The van der Waals surface area contributed by atoms with E-state index < -0.39 is 0 Å². The van der Waals surface area contributed by atoms with Crippen LogP contribution in [0.4, 0.5) is 0 Å². The van der Waals surface area contributed by atoms with Gasteiger partial charge < -0.3 is 15.2 Å². The molecule has 0 atom stereocenters. The van der Waals surface area contributed by atoms with Crippen molar-refractivity contribution >= 4 is 11.8 Å². The van der Waals surface area contributed by atoms with E-state index in [1.807, 2.05) is 13.8 Å². The highest BCUT2D eigenvalue weighted by atomic mass is 16.5. The molecular formula is C12H19N3O3. The maximum atomic E-state index is 11.8. The van der Waals surface area contributed by atoms with Crippen LogP contribution in [-0.2, 0) is 4.79 Å². The predicted molar refractivity (Wildman–Crippen MR) is 66.2 cm³/mol. The standard InChI is InChI=1S/C12H19N3O3/c1-7(2)11(16)13-5-6-14-12(17)10-8(3)15-18-9(10)4/h7H,5-6H2,1-4H3,(H,13,16)(H,14,17). The Hall–Kier alpha value is -1.85. The first-order chi connectivity index (χ1) is 8.43. The summed E-state index contributed by atoms with van der Waals surface area (Å²) >= 11 is 0. The van der Waals surface area contributed by atoms with Gasteiger partial charge in [0.15, 0.2) is 0 Å². The monoisotopic (exact) mass is 253 g/mol. The van der Waals surface area contributed by atoms with Gasteiger partial charge in [0.25, 0.3) is 5.91 Å². The number of nitrogens with zero attached hydrogens (tertiary/aromatic N) is 1. The van der Waals surface area contributed by atoms with Gasteiger partial charge >= 0.3 is 0 Å². The third kappa shape index (κ3) is 3.58. The van der Waals surface area contributed by atoms with Gasteiger partial charge in [0, 0.05) is 19.0 Å². The molecule has 0 bridgehead atoms. The lowest BCUT2D eigenvalue weighted by Crippen LogP contribution is -2.36. The van der Waals surface area contributed by atoms with E-state index in [9.17, 15) is 9.59 Å². The molecule has 0 saturated carbocycles. The number of hydrogen-bond donors (Lipinski definition) is 2. The van der Waals surface area contributed by atoms with Crippen LogP contribution in [0.5, 0.6) is 0 Å². The molecule has 1 rings (SSSR count). The molecule has 100 valence electrons. The van der Waals surface area contributed by atoms with Crippen molar-refractivity contribution in [2.45, 2.75) is 27.7 Å². The molecule has 1 aromatic rings. The zero-order valence-corrected chi connectivity index (χ0v) is 11.2. The van der Waals surface area contributed by atoms with E-state index in [2.05, 4.69) is 15.8 Å². The van der Waals surface area contributed by atoms with E-state index in [1.165, 1.54) is 0 Å². The van der Waals surface area contributed by atoms with Gasteiger partial charge in [-0.2, -0.15) is 0 Å². The Morgan fingerprint density at radius 3 is 2.33 bits per heavy atom. The van der Waals surface area contributed by atoms with Gasteiger partial charge in [-0.15, -0.1) is 0 Å². The molecule has 0 aromatic carbocycles. The second-order valence-corrected chi connectivity index (χ2v) is 4.40. The SMILES string of the molecule is Cc1noc(C)c1C(=O)NCCNC(=O)C(C)C. The molecule has 2 N–H and O–H groups in total. The van der Waals surface area contributed by atoms with Crippen molar-refractivity contribution in [2.75, 3.05) is 13.1 Å². The number of carbonyl (C=O) groups excluding carboxylic acids is 2. The normalized spacial score (nSPS) is 10.5. The van der Waals surface area contributed by atoms with Crippen molar-refractivity contribution in [1.29, 1.82) is 0 Å². The fraction of sp³-hybridized carbons (Fsp3) is 0.583. The van der Waals surface area contributed by atoms with E-state index >= 15 is 0 Å². The number of aryl methyl sites for hydroxylation is 2. The summed E-state index contributed by atoms with van der Waals surface area (Å²) in [6.45, 7) is 7.82. The number of carbonyl (C=O) groups is 2.